The van der Waals surface area contributed by atoms with Crippen LogP contribution in [-0.2, 0) is 0 Å². The lowest BCUT2D eigenvalue weighted by atomic mass is 10.3. The van der Waals surface area contributed by atoms with Gasteiger partial charge in [0.15, 0.2) is 0 Å². The number of amides is 2. The summed E-state index contributed by atoms with van der Waals surface area (Å²) in [7, 11) is 0. The van der Waals surface area contributed by atoms with Crippen molar-refractivity contribution in [2.24, 2.45) is 5.73 Å². The Labute approximate surface area is 60.6 Å². The fourth-order valence-corrected chi connectivity index (χ4v) is 0.420. The van der Waals surface area contributed by atoms with Crippen LogP contribution in [0.25, 0.3) is 0 Å². The molecule has 0 saturated carbocycles. The molecule has 0 atom stereocenters. The third kappa shape index (κ3) is 6.75. The third-order valence-corrected chi connectivity index (χ3v) is 0.797. The molecule has 0 aliphatic rings. The third-order valence-electron chi connectivity index (χ3n) is 0.797. The standard InChI is InChI=1S/C7H12N2O/c1-6(2)4-3-5-9-7(8)10/h3-4H,1,5H2,2H3,(H3,8,9,10)/b4-3+. The molecule has 56 valence electrons. The van der Waals surface area contributed by atoms with Gasteiger partial charge in [0.25, 0.3) is 0 Å². The van der Waals surface area contributed by atoms with E-state index in [1.807, 2.05) is 13.0 Å². The van der Waals surface area contributed by atoms with Gasteiger partial charge in [-0.05, 0) is 6.92 Å². The molecule has 0 aromatic carbocycles. The Bertz CT molecular complexity index is 161. The predicted octanol–water partition coefficient (Wildman–Crippen LogP) is 0.787. The lowest BCUT2D eigenvalue weighted by molar-refractivity contribution is 0.250. The zero-order chi connectivity index (χ0) is 7.98. The normalized spacial score (nSPS) is 9.70. The van der Waals surface area contributed by atoms with Crippen molar-refractivity contribution in [3.63, 3.8) is 0 Å². The molecule has 3 nitrogen and oxygen atoms in total. The fourth-order valence-electron chi connectivity index (χ4n) is 0.420. The molecule has 0 aromatic rings. The molecular weight excluding hydrogens is 128 g/mol. The Hall–Kier alpha value is -1.25. The molecule has 0 spiro atoms. The summed E-state index contributed by atoms with van der Waals surface area (Å²) in [6.07, 6.45) is 3.60. The largest absolute Gasteiger partial charge is 0.352 e. The molecule has 0 aromatic heterocycles. The molecule has 0 radical (unpaired) electrons. The summed E-state index contributed by atoms with van der Waals surface area (Å²) in [4.78, 5) is 10.1. The monoisotopic (exact) mass is 140 g/mol. The summed E-state index contributed by atoms with van der Waals surface area (Å²) in [6, 6.07) is -0.508. The van der Waals surface area contributed by atoms with Gasteiger partial charge in [-0.2, -0.15) is 0 Å². The minimum absolute atomic E-state index is 0.461. The van der Waals surface area contributed by atoms with Crippen LogP contribution in [0.2, 0.25) is 0 Å². The molecule has 0 bridgehead atoms. The van der Waals surface area contributed by atoms with Crippen LogP contribution >= 0.6 is 0 Å². The van der Waals surface area contributed by atoms with Gasteiger partial charge in [0.2, 0.25) is 0 Å². The molecule has 0 aliphatic heterocycles. The van der Waals surface area contributed by atoms with Crippen LogP contribution < -0.4 is 11.1 Å². The highest BCUT2D eigenvalue weighted by Gasteiger charge is 1.83. The quantitative estimate of drug-likeness (QED) is 0.559. The second-order valence-electron chi connectivity index (χ2n) is 1.99. The summed E-state index contributed by atoms with van der Waals surface area (Å²) in [5.74, 6) is 0. The fraction of sp³-hybridized carbons (Fsp3) is 0.286. The number of carbonyl (C=O) groups excluding carboxylic acids is 1. The number of hydrogen-bond acceptors (Lipinski definition) is 1. The van der Waals surface area contributed by atoms with Crippen molar-refractivity contribution < 1.29 is 4.79 Å². The molecule has 10 heavy (non-hydrogen) atoms. The maximum Gasteiger partial charge on any atom is 0.312 e. The van der Waals surface area contributed by atoms with Crippen LogP contribution in [0.1, 0.15) is 6.92 Å². The van der Waals surface area contributed by atoms with Crippen LogP contribution in [-0.4, -0.2) is 12.6 Å². The topological polar surface area (TPSA) is 55.1 Å². The van der Waals surface area contributed by atoms with Gasteiger partial charge in [-0.15, -0.1) is 0 Å². The predicted molar refractivity (Wildman–Crippen MR) is 41.5 cm³/mol. The summed E-state index contributed by atoms with van der Waals surface area (Å²) in [5.41, 5.74) is 5.75. The van der Waals surface area contributed by atoms with Gasteiger partial charge < -0.3 is 11.1 Å². The minimum atomic E-state index is -0.508. The van der Waals surface area contributed by atoms with Gasteiger partial charge in [-0.1, -0.05) is 24.3 Å². The van der Waals surface area contributed by atoms with E-state index in [1.54, 1.807) is 6.08 Å². The molecule has 0 saturated heterocycles. The average Bonchev–Trinajstić information content (AvgIpc) is 1.79. The van der Waals surface area contributed by atoms with E-state index in [1.165, 1.54) is 0 Å². The van der Waals surface area contributed by atoms with Gasteiger partial charge in [-0.25, -0.2) is 4.79 Å². The van der Waals surface area contributed by atoms with E-state index in [0.717, 1.165) is 5.57 Å². The molecule has 0 rings (SSSR count). The second-order valence-corrected chi connectivity index (χ2v) is 1.99. The van der Waals surface area contributed by atoms with Crippen molar-refractivity contribution in [2.75, 3.05) is 6.54 Å². The minimum Gasteiger partial charge on any atom is -0.352 e. The Morgan fingerprint density at radius 1 is 1.80 bits per heavy atom. The number of primary amides is 1. The number of rotatable bonds is 3. The SMILES string of the molecule is C=C(C)/C=C/CNC(N)=O. The maximum atomic E-state index is 10.1. The lowest BCUT2D eigenvalue weighted by Gasteiger charge is -1.93. The highest BCUT2D eigenvalue weighted by molar-refractivity contribution is 5.71. The first-order chi connectivity index (χ1) is 4.63. The summed E-state index contributed by atoms with van der Waals surface area (Å²) < 4.78 is 0. The van der Waals surface area contributed by atoms with E-state index in [9.17, 15) is 4.79 Å². The number of nitrogens with two attached hydrogens (primary N) is 1. The lowest BCUT2D eigenvalue weighted by Crippen LogP contribution is -2.29. The molecule has 3 N–H and O–H groups in total. The Morgan fingerprint density at radius 3 is 2.80 bits per heavy atom. The molecule has 0 heterocycles. The Morgan fingerprint density at radius 2 is 2.40 bits per heavy atom. The van der Waals surface area contributed by atoms with E-state index in [2.05, 4.69) is 11.9 Å². The molecule has 2 amide bonds. The van der Waals surface area contributed by atoms with Crippen molar-refractivity contribution in [3.8, 4) is 0 Å². The van der Waals surface area contributed by atoms with Crippen molar-refractivity contribution >= 4 is 6.03 Å². The highest BCUT2D eigenvalue weighted by atomic mass is 16.2. The van der Waals surface area contributed by atoms with Crippen molar-refractivity contribution in [1.29, 1.82) is 0 Å². The summed E-state index contributed by atoms with van der Waals surface area (Å²) >= 11 is 0. The van der Waals surface area contributed by atoms with Crippen LogP contribution in [0.15, 0.2) is 24.3 Å². The van der Waals surface area contributed by atoms with Crippen molar-refractivity contribution in [2.45, 2.75) is 6.92 Å². The van der Waals surface area contributed by atoms with E-state index in [-0.39, 0.29) is 0 Å². The van der Waals surface area contributed by atoms with Crippen LogP contribution in [0, 0.1) is 0 Å². The van der Waals surface area contributed by atoms with Crippen molar-refractivity contribution in [3.05, 3.63) is 24.3 Å². The first-order valence-electron chi connectivity index (χ1n) is 2.98. The molecule has 0 fully saturated rings. The number of allylic oxidation sites excluding steroid dienone is 2. The average molecular weight is 140 g/mol. The van der Waals surface area contributed by atoms with Gasteiger partial charge in [-0.3, -0.25) is 0 Å². The Kier molecular flexibility index (Phi) is 4.04. The first kappa shape index (κ1) is 8.75. The van der Waals surface area contributed by atoms with E-state index < -0.39 is 6.03 Å². The van der Waals surface area contributed by atoms with Gasteiger partial charge in [0.1, 0.15) is 0 Å². The van der Waals surface area contributed by atoms with E-state index in [4.69, 9.17) is 5.73 Å². The van der Waals surface area contributed by atoms with E-state index in [0.29, 0.717) is 6.54 Å². The first-order valence-corrected chi connectivity index (χ1v) is 2.98. The molecule has 3 heteroatoms. The maximum absolute atomic E-state index is 10.1. The zero-order valence-corrected chi connectivity index (χ0v) is 6.05. The number of urea groups is 1. The molecule has 0 unspecified atom stereocenters. The Balaban J connectivity index is 3.36. The number of nitrogens with one attached hydrogen (secondary N) is 1. The second kappa shape index (κ2) is 4.61. The van der Waals surface area contributed by atoms with Gasteiger partial charge >= 0.3 is 6.03 Å². The van der Waals surface area contributed by atoms with E-state index >= 15 is 0 Å². The smallest absolute Gasteiger partial charge is 0.312 e. The van der Waals surface area contributed by atoms with Crippen molar-refractivity contribution in [1.82, 2.24) is 5.32 Å². The summed E-state index contributed by atoms with van der Waals surface area (Å²) in [6.45, 7) is 5.98. The highest BCUT2D eigenvalue weighted by Crippen LogP contribution is 1.86. The van der Waals surface area contributed by atoms with Crippen LogP contribution in [0.3, 0.4) is 0 Å². The van der Waals surface area contributed by atoms with Gasteiger partial charge in [0.05, 0.1) is 0 Å². The molecular formula is C7H12N2O. The van der Waals surface area contributed by atoms with Crippen LogP contribution in [0.5, 0.6) is 0 Å². The molecule has 0 aliphatic carbocycles. The zero-order valence-electron chi connectivity index (χ0n) is 6.05. The number of carbonyl (C=O) groups is 1. The number of hydrogen-bond donors (Lipinski definition) is 2. The van der Waals surface area contributed by atoms with Crippen LogP contribution in [0.4, 0.5) is 4.79 Å². The summed E-state index contributed by atoms with van der Waals surface area (Å²) in [5, 5.41) is 2.41. The van der Waals surface area contributed by atoms with Gasteiger partial charge in [0, 0.05) is 6.54 Å².